The SMILES string of the molecule is C[C@H](Oc1ccc(S(=O)(=O)NC2CCCCCCC2)cc1)C(=O)NC1CCCCC1. The minimum atomic E-state index is -3.55. The van der Waals surface area contributed by atoms with Crippen molar-refractivity contribution in [3.05, 3.63) is 24.3 Å². The lowest BCUT2D eigenvalue weighted by Gasteiger charge is -2.24. The zero-order valence-electron chi connectivity index (χ0n) is 18.1. The highest BCUT2D eigenvalue weighted by Gasteiger charge is 2.22. The van der Waals surface area contributed by atoms with Crippen LogP contribution >= 0.6 is 0 Å². The molecular weight excluding hydrogens is 400 g/mol. The molecule has 7 heteroatoms. The van der Waals surface area contributed by atoms with Gasteiger partial charge in [-0.05, 0) is 56.9 Å². The molecule has 1 atom stereocenters. The fourth-order valence-corrected chi connectivity index (χ4v) is 5.69. The first kappa shape index (κ1) is 23.1. The molecule has 2 fully saturated rings. The summed E-state index contributed by atoms with van der Waals surface area (Å²) in [6, 6.07) is 6.59. The highest BCUT2D eigenvalue weighted by molar-refractivity contribution is 7.89. The van der Waals surface area contributed by atoms with Gasteiger partial charge in [-0.2, -0.15) is 0 Å². The topological polar surface area (TPSA) is 84.5 Å². The van der Waals surface area contributed by atoms with Crippen LogP contribution in [0.4, 0.5) is 0 Å². The van der Waals surface area contributed by atoms with Crippen molar-refractivity contribution in [2.45, 2.75) is 107 Å². The Morgan fingerprint density at radius 3 is 1.97 bits per heavy atom. The first-order valence-electron chi connectivity index (χ1n) is 11.5. The maximum absolute atomic E-state index is 12.7. The summed E-state index contributed by atoms with van der Waals surface area (Å²) in [5.41, 5.74) is 0. The maximum Gasteiger partial charge on any atom is 0.260 e. The number of carbonyl (C=O) groups is 1. The second-order valence-electron chi connectivity index (χ2n) is 8.74. The van der Waals surface area contributed by atoms with Gasteiger partial charge in [0.25, 0.3) is 5.91 Å². The smallest absolute Gasteiger partial charge is 0.260 e. The van der Waals surface area contributed by atoms with Crippen molar-refractivity contribution in [3.8, 4) is 5.75 Å². The second kappa shape index (κ2) is 11.1. The van der Waals surface area contributed by atoms with E-state index in [1.165, 1.54) is 25.7 Å². The summed E-state index contributed by atoms with van der Waals surface area (Å²) in [4.78, 5) is 12.6. The molecule has 3 rings (SSSR count). The van der Waals surface area contributed by atoms with Gasteiger partial charge in [0.1, 0.15) is 5.75 Å². The van der Waals surface area contributed by atoms with Crippen LogP contribution in [0.5, 0.6) is 5.75 Å². The van der Waals surface area contributed by atoms with Crippen LogP contribution < -0.4 is 14.8 Å². The molecule has 0 radical (unpaired) electrons. The fourth-order valence-electron chi connectivity index (χ4n) is 4.38. The average Bonchev–Trinajstić information content (AvgIpc) is 2.71. The van der Waals surface area contributed by atoms with Gasteiger partial charge in [-0.25, -0.2) is 13.1 Å². The minimum absolute atomic E-state index is 0.00901. The molecule has 0 heterocycles. The van der Waals surface area contributed by atoms with E-state index in [-0.39, 0.29) is 22.9 Å². The van der Waals surface area contributed by atoms with Crippen LogP contribution in [0.3, 0.4) is 0 Å². The Hall–Kier alpha value is -1.60. The van der Waals surface area contributed by atoms with Crippen molar-refractivity contribution in [1.29, 1.82) is 0 Å². The summed E-state index contributed by atoms with van der Waals surface area (Å²) < 4.78 is 34.1. The Bertz CT molecular complexity index is 765. The molecule has 2 saturated carbocycles. The summed E-state index contributed by atoms with van der Waals surface area (Å²) in [7, 11) is -3.55. The van der Waals surface area contributed by atoms with Crippen molar-refractivity contribution < 1.29 is 17.9 Å². The molecule has 0 spiro atoms. The van der Waals surface area contributed by atoms with Gasteiger partial charge in [0.15, 0.2) is 6.10 Å². The summed E-state index contributed by atoms with van der Waals surface area (Å²) in [6.07, 6.45) is 12.5. The lowest BCUT2D eigenvalue weighted by atomic mass is 9.95. The van der Waals surface area contributed by atoms with Gasteiger partial charge in [0.05, 0.1) is 4.90 Å². The summed E-state index contributed by atoms with van der Waals surface area (Å²) in [5, 5.41) is 3.06. The molecule has 2 N–H and O–H groups in total. The van der Waals surface area contributed by atoms with Crippen LogP contribution in [0.1, 0.15) is 84.0 Å². The fraction of sp³-hybridized carbons (Fsp3) is 0.696. The highest BCUT2D eigenvalue weighted by atomic mass is 32.2. The third-order valence-corrected chi connectivity index (χ3v) is 7.73. The summed E-state index contributed by atoms with van der Waals surface area (Å²) in [6.45, 7) is 1.72. The maximum atomic E-state index is 12.7. The molecule has 0 bridgehead atoms. The Morgan fingerprint density at radius 1 is 0.867 bits per heavy atom. The number of rotatable bonds is 7. The van der Waals surface area contributed by atoms with E-state index in [2.05, 4.69) is 10.0 Å². The summed E-state index contributed by atoms with van der Waals surface area (Å²) in [5.74, 6) is 0.371. The number of hydrogen-bond acceptors (Lipinski definition) is 4. The lowest BCUT2D eigenvalue weighted by molar-refractivity contribution is -0.128. The van der Waals surface area contributed by atoms with E-state index in [1.807, 2.05) is 0 Å². The molecule has 0 unspecified atom stereocenters. The van der Waals surface area contributed by atoms with Crippen molar-refractivity contribution in [1.82, 2.24) is 10.0 Å². The molecule has 1 aromatic rings. The standard InChI is InChI=1S/C23H36N2O4S/c1-18(23(26)24-19-10-8-5-9-11-19)29-21-14-16-22(17-15-21)30(27,28)25-20-12-6-3-2-4-7-13-20/h14-20,25H,2-13H2,1H3,(H,24,26)/t18-/m0/s1. The van der Waals surface area contributed by atoms with E-state index in [1.54, 1.807) is 31.2 Å². The molecule has 30 heavy (non-hydrogen) atoms. The van der Waals surface area contributed by atoms with Crippen molar-refractivity contribution >= 4 is 15.9 Å². The summed E-state index contributed by atoms with van der Waals surface area (Å²) >= 11 is 0. The number of amides is 1. The largest absolute Gasteiger partial charge is 0.481 e. The van der Waals surface area contributed by atoms with Gasteiger partial charge in [-0.15, -0.1) is 0 Å². The van der Waals surface area contributed by atoms with Gasteiger partial charge in [0, 0.05) is 12.1 Å². The Kier molecular flexibility index (Phi) is 8.57. The van der Waals surface area contributed by atoms with Crippen LogP contribution in [0.25, 0.3) is 0 Å². The quantitative estimate of drug-likeness (QED) is 0.668. The number of nitrogens with one attached hydrogen (secondary N) is 2. The number of carbonyl (C=O) groups excluding carboxylic acids is 1. The van der Waals surface area contributed by atoms with E-state index in [0.717, 1.165) is 51.4 Å². The molecule has 0 aromatic heterocycles. The molecule has 0 saturated heterocycles. The predicted molar refractivity (Wildman–Crippen MR) is 118 cm³/mol. The van der Waals surface area contributed by atoms with Crippen LogP contribution in [0, 0.1) is 0 Å². The van der Waals surface area contributed by atoms with E-state index in [0.29, 0.717) is 5.75 Å². The van der Waals surface area contributed by atoms with Gasteiger partial charge in [-0.1, -0.05) is 51.4 Å². The number of benzene rings is 1. The van der Waals surface area contributed by atoms with E-state index in [9.17, 15) is 13.2 Å². The monoisotopic (exact) mass is 436 g/mol. The van der Waals surface area contributed by atoms with Crippen LogP contribution in [-0.2, 0) is 14.8 Å². The zero-order chi connectivity index (χ0) is 21.4. The molecule has 2 aliphatic carbocycles. The molecule has 1 amide bonds. The van der Waals surface area contributed by atoms with Gasteiger partial charge in [0.2, 0.25) is 10.0 Å². The van der Waals surface area contributed by atoms with Crippen molar-refractivity contribution in [2.75, 3.05) is 0 Å². The first-order valence-corrected chi connectivity index (χ1v) is 13.0. The van der Waals surface area contributed by atoms with E-state index < -0.39 is 16.1 Å². The number of ether oxygens (including phenoxy) is 1. The highest BCUT2D eigenvalue weighted by Crippen LogP contribution is 2.22. The first-order chi connectivity index (χ1) is 14.4. The normalized spacial score (nSPS) is 20.7. The second-order valence-corrected chi connectivity index (χ2v) is 10.5. The Balaban J connectivity index is 1.53. The molecule has 0 aliphatic heterocycles. The van der Waals surface area contributed by atoms with Gasteiger partial charge < -0.3 is 10.1 Å². The third-order valence-electron chi connectivity index (χ3n) is 6.19. The lowest BCUT2D eigenvalue weighted by Crippen LogP contribution is -2.43. The number of hydrogen-bond donors (Lipinski definition) is 2. The van der Waals surface area contributed by atoms with Crippen LogP contribution in [-0.4, -0.2) is 32.5 Å². The minimum Gasteiger partial charge on any atom is -0.481 e. The van der Waals surface area contributed by atoms with Crippen molar-refractivity contribution in [3.63, 3.8) is 0 Å². The molecule has 1 aromatic carbocycles. The molecular formula is C23H36N2O4S. The molecule has 168 valence electrons. The van der Waals surface area contributed by atoms with Crippen LogP contribution in [0.15, 0.2) is 29.2 Å². The van der Waals surface area contributed by atoms with E-state index in [4.69, 9.17) is 4.74 Å². The average molecular weight is 437 g/mol. The van der Waals surface area contributed by atoms with Crippen molar-refractivity contribution in [2.24, 2.45) is 0 Å². The van der Waals surface area contributed by atoms with E-state index >= 15 is 0 Å². The van der Waals surface area contributed by atoms with Gasteiger partial charge in [-0.3, -0.25) is 4.79 Å². The predicted octanol–water partition coefficient (Wildman–Crippen LogP) is 4.29. The number of sulfonamides is 1. The Morgan fingerprint density at radius 2 is 1.37 bits per heavy atom. The van der Waals surface area contributed by atoms with Crippen LogP contribution in [0.2, 0.25) is 0 Å². The van der Waals surface area contributed by atoms with Gasteiger partial charge >= 0.3 is 0 Å². The molecule has 2 aliphatic rings. The Labute approximate surface area is 181 Å². The zero-order valence-corrected chi connectivity index (χ0v) is 18.9. The third kappa shape index (κ3) is 6.98. The molecule has 6 nitrogen and oxygen atoms in total.